The van der Waals surface area contributed by atoms with Crippen LogP contribution in [-0.2, 0) is 4.79 Å². The Labute approximate surface area is 185 Å². The van der Waals surface area contributed by atoms with Crippen molar-refractivity contribution in [2.24, 2.45) is 0 Å². The van der Waals surface area contributed by atoms with E-state index in [0.29, 0.717) is 11.7 Å². The number of amides is 1. The number of fused-ring (bicyclic) bond motifs is 1. The van der Waals surface area contributed by atoms with Gasteiger partial charge in [-0.2, -0.15) is 0 Å². The molecule has 0 radical (unpaired) electrons. The summed E-state index contributed by atoms with van der Waals surface area (Å²) in [6.07, 6.45) is 3.18. The van der Waals surface area contributed by atoms with Crippen LogP contribution >= 0.6 is 11.3 Å². The number of nitro groups is 1. The van der Waals surface area contributed by atoms with E-state index in [9.17, 15) is 14.9 Å². The van der Waals surface area contributed by atoms with Gasteiger partial charge >= 0.3 is 0 Å². The molecule has 0 aliphatic rings. The Bertz CT molecular complexity index is 1090. The van der Waals surface area contributed by atoms with E-state index in [4.69, 9.17) is 4.98 Å². The van der Waals surface area contributed by atoms with Gasteiger partial charge in [0.25, 0.3) is 11.6 Å². The molecule has 3 rings (SSSR count). The van der Waals surface area contributed by atoms with E-state index in [1.165, 1.54) is 29.5 Å². The van der Waals surface area contributed by atoms with E-state index in [1.807, 2.05) is 25.1 Å². The number of aryl methyl sites for hydroxylation is 1. The number of thiazole rings is 1. The van der Waals surface area contributed by atoms with E-state index in [1.54, 1.807) is 23.1 Å². The van der Waals surface area contributed by atoms with Gasteiger partial charge in [0.05, 0.1) is 15.1 Å². The van der Waals surface area contributed by atoms with Gasteiger partial charge in [-0.15, -0.1) is 0 Å². The molecule has 1 amide bonds. The second kappa shape index (κ2) is 10.3. The lowest BCUT2D eigenvalue weighted by Gasteiger charge is -2.23. The van der Waals surface area contributed by atoms with Gasteiger partial charge in [0.15, 0.2) is 5.13 Å². The minimum atomic E-state index is -0.442. The number of hydrogen-bond donors (Lipinski definition) is 0. The number of hydrogen-bond acceptors (Lipinski definition) is 6. The second-order valence-corrected chi connectivity index (χ2v) is 8.13. The predicted molar refractivity (Wildman–Crippen MR) is 127 cm³/mol. The van der Waals surface area contributed by atoms with Crippen LogP contribution in [0.4, 0.5) is 10.8 Å². The zero-order valence-electron chi connectivity index (χ0n) is 17.9. The SMILES string of the molecule is CCN(CC)CCN(C(=O)C=Cc1ccc([N+](=O)[O-])cc1)c1nc2c(C)cccc2s1. The first-order chi connectivity index (χ1) is 14.9. The van der Waals surface area contributed by atoms with Gasteiger partial charge in [0.1, 0.15) is 0 Å². The molecule has 8 heteroatoms. The van der Waals surface area contributed by atoms with Crippen molar-refractivity contribution in [1.29, 1.82) is 0 Å². The highest BCUT2D eigenvalue weighted by molar-refractivity contribution is 7.22. The van der Waals surface area contributed by atoms with Crippen molar-refractivity contribution in [3.05, 3.63) is 69.8 Å². The zero-order chi connectivity index (χ0) is 22.4. The maximum atomic E-state index is 13.1. The number of nitro benzene ring substituents is 1. The first kappa shape index (κ1) is 22.6. The topological polar surface area (TPSA) is 79.6 Å². The molecule has 2 aromatic carbocycles. The molecule has 0 spiro atoms. The molecule has 0 atom stereocenters. The largest absolute Gasteiger partial charge is 0.302 e. The minimum absolute atomic E-state index is 0.0224. The standard InChI is InChI=1S/C23H26N4O3S/c1-4-25(5-2)15-16-26(23-24-22-17(3)7-6-8-20(22)31-23)21(28)14-11-18-9-12-19(13-10-18)27(29)30/h6-14H,4-5,15-16H2,1-3H3. The molecular formula is C23H26N4O3S. The number of nitrogens with zero attached hydrogens (tertiary/aromatic N) is 4. The highest BCUT2D eigenvalue weighted by Crippen LogP contribution is 2.30. The molecule has 0 bridgehead atoms. The number of anilines is 1. The number of aromatic nitrogens is 1. The number of rotatable bonds is 9. The Morgan fingerprint density at radius 3 is 2.45 bits per heavy atom. The third-order valence-corrected chi connectivity index (χ3v) is 6.21. The van der Waals surface area contributed by atoms with E-state index >= 15 is 0 Å². The van der Waals surface area contributed by atoms with Crippen LogP contribution < -0.4 is 4.90 Å². The fourth-order valence-electron chi connectivity index (χ4n) is 3.24. The molecule has 3 aromatic rings. The maximum absolute atomic E-state index is 13.1. The summed E-state index contributed by atoms with van der Waals surface area (Å²) in [5, 5.41) is 11.5. The van der Waals surface area contributed by atoms with Gasteiger partial charge < -0.3 is 4.90 Å². The summed E-state index contributed by atoms with van der Waals surface area (Å²) in [6, 6.07) is 12.1. The van der Waals surface area contributed by atoms with E-state index in [0.717, 1.165) is 41.0 Å². The lowest BCUT2D eigenvalue weighted by Crippen LogP contribution is -2.38. The zero-order valence-corrected chi connectivity index (χ0v) is 18.8. The number of para-hydroxylation sites is 1. The molecule has 0 unspecified atom stereocenters. The van der Waals surface area contributed by atoms with Crippen LogP contribution in [0.2, 0.25) is 0 Å². The molecule has 31 heavy (non-hydrogen) atoms. The van der Waals surface area contributed by atoms with E-state index in [2.05, 4.69) is 18.7 Å². The van der Waals surface area contributed by atoms with Crippen molar-refractivity contribution in [2.45, 2.75) is 20.8 Å². The number of non-ortho nitro benzene ring substituents is 1. The van der Waals surface area contributed by atoms with Crippen LogP contribution in [0.1, 0.15) is 25.0 Å². The maximum Gasteiger partial charge on any atom is 0.269 e. The van der Waals surface area contributed by atoms with Crippen molar-refractivity contribution < 1.29 is 9.72 Å². The van der Waals surface area contributed by atoms with Crippen LogP contribution in [0.3, 0.4) is 0 Å². The summed E-state index contributed by atoms with van der Waals surface area (Å²) >= 11 is 1.51. The first-order valence-corrected chi connectivity index (χ1v) is 11.1. The third-order valence-electron chi connectivity index (χ3n) is 5.16. The van der Waals surface area contributed by atoms with Crippen LogP contribution in [0, 0.1) is 17.0 Å². The van der Waals surface area contributed by atoms with Gasteiger partial charge in [-0.3, -0.25) is 19.8 Å². The van der Waals surface area contributed by atoms with Crippen molar-refractivity contribution >= 4 is 44.4 Å². The Morgan fingerprint density at radius 2 is 1.84 bits per heavy atom. The molecule has 0 aliphatic carbocycles. The minimum Gasteiger partial charge on any atom is -0.302 e. The van der Waals surface area contributed by atoms with Crippen LogP contribution in [-0.4, -0.2) is 46.9 Å². The first-order valence-electron chi connectivity index (χ1n) is 10.3. The molecule has 0 saturated heterocycles. The molecule has 162 valence electrons. The van der Waals surface area contributed by atoms with Crippen LogP contribution in [0.25, 0.3) is 16.3 Å². The lowest BCUT2D eigenvalue weighted by molar-refractivity contribution is -0.384. The Morgan fingerprint density at radius 1 is 1.13 bits per heavy atom. The average Bonchev–Trinajstić information content (AvgIpc) is 3.21. The normalized spacial score (nSPS) is 11.5. The quantitative estimate of drug-likeness (QED) is 0.270. The average molecular weight is 439 g/mol. The van der Waals surface area contributed by atoms with Gasteiger partial charge in [-0.05, 0) is 55.4 Å². The summed E-state index contributed by atoms with van der Waals surface area (Å²) in [5.74, 6) is -0.165. The molecule has 0 N–H and O–H groups in total. The molecule has 0 saturated carbocycles. The van der Waals surface area contributed by atoms with Crippen molar-refractivity contribution in [2.75, 3.05) is 31.1 Å². The monoisotopic (exact) mass is 438 g/mol. The lowest BCUT2D eigenvalue weighted by atomic mass is 10.2. The molecule has 7 nitrogen and oxygen atoms in total. The summed E-state index contributed by atoms with van der Waals surface area (Å²) in [5.41, 5.74) is 2.75. The Hall–Kier alpha value is -3.10. The third kappa shape index (κ3) is 5.53. The summed E-state index contributed by atoms with van der Waals surface area (Å²) < 4.78 is 1.05. The Balaban J connectivity index is 1.86. The number of carbonyl (C=O) groups excluding carboxylic acids is 1. The number of benzene rings is 2. The van der Waals surface area contributed by atoms with Crippen molar-refractivity contribution in [3.63, 3.8) is 0 Å². The van der Waals surface area contributed by atoms with Gasteiger partial charge in [-0.1, -0.05) is 37.3 Å². The smallest absolute Gasteiger partial charge is 0.269 e. The molecule has 1 aromatic heterocycles. The molecule has 1 heterocycles. The number of carbonyl (C=O) groups is 1. The van der Waals surface area contributed by atoms with E-state index < -0.39 is 4.92 Å². The van der Waals surface area contributed by atoms with Crippen molar-refractivity contribution in [3.8, 4) is 0 Å². The van der Waals surface area contributed by atoms with Gasteiger partial charge in [-0.25, -0.2) is 4.98 Å². The predicted octanol–water partition coefficient (Wildman–Crippen LogP) is 4.90. The highest BCUT2D eigenvalue weighted by atomic mass is 32.1. The van der Waals surface area contributed by atoms with Crippen LogP contribution in [0.5, 0.6) is 0 Å². The van der Waals surface area contributed by atoms with Gasteiger partial charge in [0.2, 0.25) is 0 Å². The van der Waals surface area contributed by atoms with E-state index in [-0.39, 0.29) is 11.6 Å². The van der Waals surface area contributed by atoms with Gasteiger partial charge in [0, 0.05) is 31.3 Å². The fourth-order valence-corrected chi connectivity index (χ4v) is 4.31. The summed E-state index contributed by atoms with van der Waals surface area (Å²) in [4.78, 5) is 32.2. The fraction of sp³-hybridized carbons (Fsp3) is 0.304. The molecule has 0 aliphatic heterocycles. The van der Waals surface area contributed by atoms with Crippen LogP contribution in [0.15, 0.2) is 48.5 Å². The Kier molecular flexibility index (Phi) is 7.49. The molecular weight excluding hydrogens is 412 g/mol. The number of likely N-dealkylation sites (N-methyl/N-ethyl adjacent to an activating group) is 1. The van der Waals surface area contributed by atoms with Crippen molar-refractivity contribution in [1.82, 2.24) is 9.88 Å². The second-order valence-electron chi connectivity index (χ2n) is 7.12. The summed E-state index contributed by atoms with van der Waals surface area (Å²) in [7, 11) is 0. The molecule has 0 fully saturated rings. The summed E-state index contributed by atoms with van der Waals surface area (Å²) in [6.45, 7) is 9.33. The highest BCUT2D eigenvalue weighted by Gasteiger charge is 2.19.